The third kappa shape index (κ3) is 7.80. The van der Waals surface area contributed by atoms with Gasteiger partial charge in [-0.1, -0.05) is 45.0 Å². The molecule has 188 valence electrons. The molecule has 1 aliphatic carbocycles. The summed E-state index contributed by atoms with van der Waals surface area (Å²) in [6, 6.07) is 13.5. The molecule has 0 radical (unpaired) electrons. The first-order valence-electron chi connectivity index (χ1n) is 12.1. The van der Waals surface area contributed by atoms with Gasteiger partial charge in [-0.3, -0.25) is 10.1 Å². The molecule has 0 aromatic heterocycles. The van der Waals surface area contributed by atoms with Crippen molar-refractivity contribution in [3.63, 3.8) is 0 Å². The van der Waals surface area contributed by atoms with E-state index in [9.17, 15) is 14.0 Å². The second-order valence-electron chi connectivity index (χ2n) is 9.73. The molecule has 0 aliphatic heterocycles. The number of para-hydroxylation sites is 1. The minimum atomic E-state index is -0.477. The van der Waals surface area contributed by atoms with E-state index in [1.165, 1.54) is 18.2 Å². The smallest absolute Gasteiger partial charge is 0.407 e. The summed E-state index contributed by atoms with van der Waals surface area (Å²) in [6.45, 7) is 8.46. The van der Waals surface area contributed by atoms with E-state index < -0.39 is 17.8 Å². The second kappa shape index (κ2) is 11.8. The number of carbonyl (C=O) groups excluding carboxylic acids is 2. The van der Waals surface area contributed by atoms with E-state index in [1.54, 1.807) is 13.0 Å². The van der Waals surface area contributed by atoms with Gasteiger partial charge in [0.15, 0.2) is 0 Å². The van der Waals surface area contributed by atoms with Crippen molar-refractivity contribution in [3.05, 3.63) is 65.5 Å². The Hall–Kier alpha value is -3.42. The van der Waals surface area contributed by atoms with Crippen LogP contribution in [-0.4, -0.2) is 36.7 Å². The topological polar surface area (TPSA) is 91.8 Å². The fourth-order valence-electron chi connectivity index (χ4n) is 4.15. The maximum atomic E-state index is 13.7. The van der Waals surface area contributed by atoms with Gasteiger partial charge in [0.05, 0.1) is 12.6 Å². The fraction of sp³-hybridized carbons (Fsp3) is 0.444. The number of halogens is 1. The van der Waals surface area contributed by atoms with Crippen LogP contribution in [0.1, 0.15) is 69.3 Å². The molecule has 0 spiro atoms. The number of benzene rings is 2. The van der Waals surface area contributed by atoms with Gasteiger partial charge in [-0.05, 0) is 67.9 Å². The monoisotopic (exact) mass is 482 g/mol. The Morgan fingerprint density at radius 1 is 1.06 bits per heavy atom. The molecule has 8 heteroatoms. The maximum Gasteiger partial charge on any atom is 0.407 e. The van der Waals surface area contributed by atoms with Crippen molar-refractivity contribution in [2.75, 3.05) is 11.9 Å². The second-order valence-corrected chi connectivity index (χ2v) is 9.73. The van der Waals surface area contributed by atoms with Crippen LogP contribution in [0.2, 0.25) is 0 Å². The summed E-state index contributed by atoms with van der Waals surface area (Å²) in [5, 5.41) is 9.04. The largest absolute Gasteiger partial charge is 0.450 e. The number of alkyl carbamates (subject to hydrolysis) is 1. The van der Waals surface area contributed by atoms with Crippen LogP contribution >= 0.6 is 0 Å². The van der Waals surface area contributed by atoms with Gasteiger partial charge in [-0.15, -0.1) is 0 Å². The number of aliphatic imine (C=N–C) groups is 1. The maximum absolute atomic E-state index is 13.7. The summed E-state index contributed by atoms with van der Waals surface area (Å²) in [6.07, 6.45) is 2.62. The highest BCUT2D eigenvalue weighted by atomic mass is 19.1. The standard InChI is InChI=1S/C27H35FN4O3/c1-5-35-26(34)30-21-15-13-20(14-16-21)29-25(32-24(33)18-9-8-10-19(28)17-18)31-23-12-7-6-11-22(23)27(2,3)4/h6-12,17,20-21H,5,13-16H2,1-4H3,(H,30,34)(H2,29,31,32,33). The molecule has 35 heavy (non-hydrogen) atoms. The van der Waals surface area contributed by atoms with Gasteiger partial charge in [0.2, 0.25) is 5.96 Å². The Bertz CT molecular complexity index is 1060. The zero-order valence-corrected chi connectivity index (χ0v) is 20.9. The molecule has 1 fully saturated rings. The molecular formula is C27H35FN4O3. The first-order valence-corrected chi connectivity index (χ1v) is 12.1. The van der Waals surface area contributed by atoms with Gasteiger partial charge in [-0.2, -0.15) is 0 Å². The van der Waals surface area contributed by atoms with Crippen molar-refractivity contribution in [3.8, 4) is 0 Å². The van der Waals surface area contributed by atoms with Crippen LogP contribution < -0.4 is 16.0 Å². The predicted molar refractivity (Wildman–Crippen MR) is 136 cm³/mol. The minimum absolute atomic E-state index is 0.0349. The molecule has 0 heterocycles. The molecule has 0 unspecified atom stereocenters. The lowest BCUT2D eigenvalue weighted by atomic mass is 9.86. The predicted octanol–water partition coefficient (Wildman–Crippen LogP) is 5.38. The first-order chi connectivity index (χ1) is 16.7. The molecule has 3 N–H and O–H groups in total. The highest BCUT2D eigenvalue weighted by Crippen LogP contribution is 2.29. The van der Waals surface area contributed by atoms with Gasteiger partial charge in [0.25, 0.3) is 5.91 Å². The van der Waals surface area contributed by atoms with Gasteiger partial charge in [0.1, 0.15) is 5.82 Å². The molecule has 0 bridgehead atoms. The first kappa shape index (κ1) is 26.2. The Morgan fingerprint density at radius 3 is 2.43 bits per heavy atom. The number of rotatable bonds is 5. The molecule has 0 atom stereocenters. The summed E-state index contributed by atoms with van der Waals surface area (Å²) >= 11 is 0. The summed E-state index contributed by atoms with van der Waals surface area (Å²) in [7, 11) is 0. The van der Waals surface area contributed by atoms with E-state index in [2.05, 4.69) is 36.7 Å². The van der Waals surface area contributed by atoms with Crippen molar-refractivity contribution < 1.29 is 18.7 Å². The van der Waals surface area contributed by atoms with Crippen molar-refractivity contribution in [1.29, 1.82) is 0 Å². The lowest BCUT2D eigenvalue weighted by Gasteiger charge is -2.28. The molecule has 2 aromatic carbocycles. The summed E-state index contributed by atoms with van der Waals surface area (Å²) in [5.41, 5.74) is 2.01. The number of amides is 2. The molecular weight excluding hydrogens is 447 g/mol. The number of hydrogen-bond acceptors (Lipinski definition) is 4. The average Bonchev–Trinajstić information content (AvgIpc) is 2.80. The van der Waals surface area contributed by atoms with Crippen LogP contribution in [0.15, 0.2) is 53.5 Å². The third-order valence-corrected chi connectivity index (χ3v) is 5.91. The van der Waals surface area contributed by atoms with Crippen molar-refractivity contribution in [1.82, 2.24) is 10.6 Å². The number of nitrogens with zero attached hydrogens (tertiary/aromatic N) is 1. The quantitative estimate of drug-likeness (QED) is 0.394. The van der Waals surface area contributed by atoms with Crippen LogP contribution in [0.4, 0.5) is 14.9 Å². The van der Waals surface area contributed by atoms with E-state index in [0.717, 1.165) is 36.9 Å². The lowest BCUT2D eigenvalue weighted by molar-refractivity contribution is 0.0976. The Labute approximate surface area is 206 Å². The fourth-order valence-corrected chi connectivity index (χ4v) is 4.15. The Balaban J connectivity index is 1.79. The number of guanidine groups is 1. The van der Waals surface area contributed by atoms with Crippen LogP contribution in [-0.2, 0) is 10.2 Å². The van der Waals surface area contributed by atoms with E-state index in [4.69, 9.17) is 9.73 Å². The molecule has 7 nitrogen and oxygen atoms in total. The number of nitrogens with one attached hydrogen (secondary N) is 3. The molecule has 1 aliphatic rings. The van der Waals surface area contributed by atoms with Crippen LogP contribution in [0, 0.1) is 5.82 Å². The van der Waals surface area contributed by atoms with Gasteiger partial charge in [-0.25, -0.2) is 14.2 Å². The molecule has 1 saturated carbocycles. The number of hydrogen-bond donors (Lipinski definition) is 3. The lowest BCUT2D eigenvalue weighted by Crippen LogP contribution is -2.40. The normalized spacial score (nSPS) is 18.5. The van der Waals surface area contributed by atoms with Crippen LogP contribution in [0.25, 0.3) is 0 Å². The highest BCUT2D eigenvalue weighted by molar-refractivity contribution is 6.10. The van der Waals surface area contributed by atoms with Gasteiger partial charge in [0, 0.05) is 17.3 Å². The van der Waals surface area contributed by atoms with Crippen LogP contribution in [0.5, 0.6) is 0 Å². The van der Waals surface area contributed by atoms with E-state index in [1.807, 2.05) is 24.3 Å². The molecule has 0 saturated heterocycles. The Kier molecular flexibility index (Phi) is 8.84. The van der Waals surface area contributed by atoms with Crippen molar-refractivity contribution >= 4 is 23.6 Å². The van der Waals surface area contributed by atoms with E-state index >= 15 is 0 Å². The summed E-state index contributed by atoms with van der Waals surface area (Å²) in [4.78, 5) is 29.4. The van der Waals surface area contributed by atoms with Crippen molar-refractivity contribution in [2.24, 2.45) is 4.99 Å². The molecule has 3 rings (SSSR count). The summed E-state index contributed by atoms with van der Waals surface area (Å²) < 4.78 is 18.7. The zero-order valence-electron chi connectivity index (χ0n) is 20.9. The van der Waals surface area contributed by atoms with E-state index in [-0.39, 0.29) is 23.1 Å². The average molecular weight is 483 g/mol. The van der Waals surface area contributed by atoms with E-state index in [0.29, 0.717) is 12.6 Å². The summed E-state index contributed by atoms with van der Waals surface area (Å²) in [5.74, 6) is -0.603. The van der Waals surface area contributed by atoms with Gasteiger partial charge >= 0.3 is 6.09 Å². The van der Waals surface area contributed by atoms with Crippen molar-refractivity contribution in [2.45, 2.75) is 70.9 Å². The zero-order chi connectivity index (χ0) is 25.4. The number of carbonyl (C=O) groups is 2. The third-order valence-electron chi connectivity index (χ3n) is 5.91. The SMILES string of the molecule is CCOC(=O)NC1CCC(N=C(NC(=O)c2cccc(F)c2)Nc2ccccc2C(C)(C)C)CC1. The minimum Gasteiger partial charge on any atom is -0.450 e. The number of ether oxygens (including phenoxy) is 1. The Morgan fingerprint density at radius 2 is 1.77 bits per heavy atom. The molecule has 2 amide bonds. The highest BCUT2D eigenvalue weighted by Gasteiger charge is 2.24. The molecule has 2 aromatic rings. The van der Waals surface area contributed by atoms with Gasteiger partial charge < -0.3 is 15.4 Å². The van der Waals surface area contributed by atoms with Crippen LogP contribution in [0.3, 0.4) is 0 Å². The number of anilines is 1.